The first kappa shape index (κ1) is 13.5. The van der Waals surface area contributed by atoms with Gasteiger partial charge in [0.05, 0.1) is 0 Å². The molecule has 0 aliphatic carbocycles. The van der Waals surface area contributed by atoms with Crippen molar-refractivity contribution in [2.45, 2.75) is 13.8 Å². The molecule has 1 amide bonds. The van der Waals surface area contributed by atoms with Crippen molar-refractivity contribution in [3.05, 3.63) is 30.1 Å². The average Bonchev–Trinajstić information content (AvgIpc) is 2.84. The molecule has 1 aromatic heterocycles. The number of alkyl halides is 1. The SMILES string of the molecule is Cc1nc(-c2cccc(NC(=O)C(C)CCl)c2)n[nH]1. The number of halogens is 1. The second kappa shape index (κ2) is 5.84. The lowest BCUT2D eigenvalue weighted by atomic mass is 10.1. The maximum atomic E-state index is 11.8. The molecule has 2 N–H and O–H groups in total. The van der Waals surface area contributed by atoms with Crippen LogP contribution in [0.3, 0.4) is 0 Å². The van der Waals surface area contributed by atoms with Crippen LogP contribution >= 0.6 is 11.6 Å². The molecule has 1 aromatic carbocycles. The molecular formula is C13H15ClN4O. The van der Waals surface area contributed by atoms with Gasteiger partial charge in [-0.1, -0.05) is 19.1 Å². The number of nitrogens with one attached hydrogen (secondary N) is 2. The van der Waals surface area contributed by atoms with Gasteiger partial charge in [-0.2, -0.15) is 5.10 Å². The van der Waals surface area contributed by atoms with Gasteiger partial charge in [-0.3, -0.25) is 9.89 Å². The smallest absolute Gasteiger partial charge is 0.228 e. The van der Waals surface area contributed by atoms with E-state index in [0.717, 1.165) is 11.4 Å². The number of hydrogen-bond donors (Lipinski definition) is 2. The fourth-order valence-electron chi connectivity index (χ4n) is 1.54. The molecule has 0 aliphatic heterocycles. The number of carbonyl (C=O) groups is 1. The third kappa shape index (κ3) is 3.32. The Morgan fingerprint density at radius 3 is 2.95 bits per heavy atom. The summed E-state index contributed by atoms with van der Waals surface area (Å²) in [6.45, 7) is 3.62. The van der Waals surface area contributed by atoms with Gasteiger partial charge < -0.3 is 5.32 Å². The van der Waals surface area contributed by atoms with Gasteiger partial charge >= 0.3 is 0 Å². The summed E-state index contributed by atoms with van der Waals surface area (Å²) in [5.74, 6) is 1.33. The number of aryl methyl sites for hydroxylation is 1. The zero-order chi connectivity index (χ0) is 13.8. The van der Waals surface area contributed by atoms with Crippen LogP contribution in [-0.2, 0) is 4.79 Å². The highest BCUT2D eigenvalue weighted by Crippen LogP contribution is 2.19. The topological polar surface area (TPSA) is 70.7 Å². The summed E-state index contributed by atoms with van der Waals surface area (Å²) in [5.41, 5.74) is 1.56. The summed E-state index contributed by atoms with van der Waals surface area (Å²) in [6, 6.07) is 7.40. The monoisotopic (exact) mass is 278 g/mol. The summed E-state index contributed by atoms with van der Waals surface area (Å²) >= 11 is 5.66. The van der Waals surface area contributed by atoms with Crippen LogP contribution in [0, 0.1) is 12.8 Å². The van der Waals surface area contributed by atoms with Gasteiger partial charge in [0, 0.05) is 23.0 Å². The van der Waals surface area contributed by atoms with E-state index < -0.39 is 0 Å². The van der Waals surface area contributed by atoms with E-state index in [-0.39, 0.29) is 11.8 Å². The number of nitrogens with zero attached hydrogens (tertiary/aromatic N) is 2. The Morgan fingerprint density at radius 1 is 1.53 bits per heavy atom. The number of aromatic amines is 1. The van der Waals surface area contributed by atoms with Gasteiger partial charge in [-0.15, -0.1) is 11.6 Å². The molecule has 6 heteroatoms. The number of benzene rings is 1. The molecule has 0 bridgehead atoms. The summed E-state index contributed by atoms with van der Waals surface area (Å²) in [7, 11) is 0. The van der Waals surface area contributed by atoms with Crippen LogP contribution in [0.15, 0.2) is 24.3 Å². The summed E-state index contributed by atoms with van der Waals surface area (Å²) in [6.07, 6.45) is 0. The standard InChI is InChI=1S/C13H15ClN4O/c1-8(7-14)13(19)16-11-5-3-4-10(6-11)12-15-9(2)17-18-12/h3-6,8H,7H2,1-2H3,(H,16,19)(H,15,17,18). The Balaban J connectivity index is 2.18. The van der Waals surface area contributed by atoms with Gasteiger partial charge in [0.2, 0.25) is 5.91 Å². The predicted molar refractivity (Wildman–Crippen MR) is 75.1 cm³/mol. The van der Waals surface area contributed by atoms with Gasteiger partial charge in [-0.25, -0.2) is 4.98 Å². The lowest BCUT2D eigenvalue weighted by Crippen LogP contribution is -2.21. The zero-order valence-corrected chi connectivity index (χ0v) is 11.5. The summed E-state index contributed by atoms with van der Waals surface area (Å²) in [4.78, 5) is 16.0. The van der Waals surface area contributed by atoms with Crippen molar-refractivity contribution >= 4 is 23.2 Å². The lowest BCUT2D eigenvalue weighted by Gasteiger charge is -2.09. The van der Waals surface area contributed by atoms with Crippen LogP contribution in [0.4, 0.5) is 5.69 Å². The second-order valence-corrected chi connectivity index (χ2v) is 4.68. The van der Waals surface area contributed by atoms with E-state index >= 15 is 0 Å². The predicted octanol–water partition coefficient (Wildman–Crippen LogP) is 2.59. The number of aromatic nitrogens is 3. The Hall–Kier alpha value is -1.88. The van der Waals surface area contributed by atoms with Crippen LogP contribution in [0.2, 0.25) is 0 Å². The van der Waals surface area contributed by atoms with Crippen LogP contribution in [-0.4, -0.2) is 27.0 Å². The van der Waals surface area contributed by atoms with Gasteiger partial charge in [0.1, 0.15) is 5.82 Å². The van der Waals surface area contributed by atoms with E-state index in [1.54, 1.807) is 6.92 Å². The van der Waals surface area contributed by atoms with Crippen molar-refractivity contribution in [3.63, 3.8) is 0 Å². The summed E-state index contributed by atoms with van der Waals surface area (Å²) < 4.78 is 0. The first-order chi connectivity index (χ1) is 9.10. The third-order valence-corrected chi connectivity index (χ3v) is 3.13. The molecule has 0 saturated carbocycles. The number of hydrogen-bond acceptors (Lipinski definition) is 3. The molecule has 100 valence electrons. The minimum absolute atomic E-state index is 0.0988. The average molecular weight is 279 g/mol. The lowest BCUT2D eigenvalue weighted by molar-refractivity contribution is -0.118. The van der Waals surface area contributed by atoms with Crippen molar-refractivity contribution in [1.29, 1.82) is 0 Å². The second-order valence-electron chi connectivity index (χ2n) is 4.37. The fraction of sp³-hybridized carbons (Fsp3) is 0.308. The minimum atomic E-state index is -0.226. The van der Waals surface area contributed by atoms with E-state index in [1.165, 1.54) is 0 Å². The van der Waals surface area contributed by atoms with Crippen LogP contribution in [0.5, 0.6) is 0 Å². The van der Waals surface area contributed by atoms with Crippen molar-refractivity contribution in [2.75, 3.05) is 11.2 Å². The Morgan fingerprint density at radius 2 is 2.32 bits per heavy atom. The quantitative estimate of drug-likeness (QED) is 0.845. The van der Waals surface area contributed by atoms with Gasteiger partial charge in [-0.05, 0) is 19.1 Å². The van der Waals surface area contributed by atoms with Crippen LogP contribution in [0.25, 0.3) is 11.4 Å². The Labute approximate surface area is 116 Å². The van der Waals surface area contributed by atoms with Crippen molar-refractivity contribution in [2.24, 2.45) is 5.92 Å². The minimum Gasteiger partial charge on any atom is -0.326 e. The number of anilines is 1. The fourth-order valence-corrected chi connectivity index (χ4v) is 1.68. The van der Waals surface area contributed by atoms with Gasteiger partial charge in [0.15, 0.2) is 5.82 Å². The van der Waals surface area contributed by atoms with E-state index in [0.29, 0.717) is 17.4 Å². The molecule has 0 fully saturated rings. The van der Waals surface area contributed by atoms with Crippen molar-refractivity contribution in [1.82, 2.24) is 15.2 Å². The maximum Gasteiger partial charge on any atom is 0.228 e. The molecule has 1 atom stereocenters. The molecule has 1 heterocycles. The highest BCUT2D eigenvalue weighted by Gasteiger charge is 2.12. The molecular weight excluding hydrogens is 264 g/mol. The number of rotatable bonds is 4. The largest absolute Gasteiger partial charge is 0.326 e. The molecule has 2 aromatic rings. The van der Waals surface area contributed by atoms with Crippen molar-refractivity contribution in [3.8, 4) is 11.4 Å². The third-order valence-electron chi connectivity index (χ3n) is 2.66. The summed E-state index contributed by atoms with van der Waals surface area (Å²) in [5, 5.41) is 9.70. The van der Waals surface area contributed by atoms with Crippen LogP contribution in [0.1, 0.15) is 12.7 Å². The van der Waals surface area contributed by atoms with Gasteiger partial charge in [0.25, 0.3) is 0 Å². The maximum absolute atomic E-state index is 11.8. The number of carbonyl (C=O) groups excluding carboxylic acids is 1. The molecule has 0 saturated heterocycles. The molecule has 19 heavy (non-hydrogen) atoms. The molecule has 1 unspecified atom stereocenters. The highest BCUT2D eigenvalue weighted by molar-refractivity contribution is 6.19. The van der Waals surface area contributed by atoms with Crippen LogP contribution < -0.4 is 5.32 Å². The first-order valence-corrected chi connectivity index (χ1v) is 6.50. The zero-order valence-electron chi connectivity index (χ0n) is 10.8. The first-order valence-electron chi connectivity index (χ1n) is 5.96. The van der Waals surface area contributed by atoms with E-state index in [4.69, 9.17) is 11.6 Å². The molecule has 0 spiro atoms. The highest BCUT2D eigenvalue weighted by atomic mass is 35.5. The van der Waals surface area contributed by atoms with E-state index in [2.05, 4.69) is 20.5 Å². The molecule has 2 rings (SSSR count). The normalized spacial score (nSPS) is 12.2. The number of amides is 1. The number of H-pyrrole nitrogens is 1. The Kier molecular flexibility index (Phi) is 4.16. The van der Waals surface area contributed by atoms with Crippen molar-refractivity contribution < 1.29 is 4.79 Å². The Bertz CT molecular complexity index is 582. The van der Waals surface area contributed by atoms with E-state index in [1.807, 2.05) is 31.2 Å². The molecule has 5 nitrogen and oxygen atoms in total. The van der Waals surface area contributed by atoms with E-state index in [9.17, 15) is 4.79 Å². The molecule has 0 radical (unpaired) electrons. The molecule has 0 aliphatic rings.